The fraction of sp³-hybridized carbons (Fsp3) is 0.500. The van der Waals surface area contributed by atoms with Gasteiger partial charge < -0.3 is 4.74 Å². The second kappa shape index (κ2) is 6.11. The molecule has 1 rings (SSSR count). The van der Waals surface area contributed by atoms with E-state index in [-0.39, 0.29) is 5.82 Å². The van der Waals surface area contributed by atoms with Gasteiger partial charge in [-0.25, -0.2) is 4.39 Å². The summed E-state index contributed by atoms with van der Waals surface area (Å²) in [4.78, 5) is 0. The molecule has 0 aliphatic rings. The van der Waals surface area contributed by atoms with Crippen LogP contribution in [0, 0.1) is 11.7 Å². The van der Waals surface area contributed by atoms with E-state index in [0.29, 0.717) is 22.7 Å². The maximum absolute atomic E-state index is 12.8. The van der Waals surface area contributed by atoms with Crippen molar-refractivity contribution in [3.05, 3.63) is 28.5 Å². The van der Waals surface area contributed by atoms with Crippen LogP contribution < -0.4 is 4.74 Å². The van der Waals surface area contributed by atoms with Crippen LogP contribution in [-0.2, 0) is 0 Å². The van der Waals surface area contributed by atoms with Gasteiger partial charge in [-0.3, -0.25) is 0 Å². The van der Waals surface area contributed by atoms with E-state index in [2.05, 4.69) is 29.8 Å². The van der Waals surface area contributed by atoms with Gasteiger partial charge in [-0.05, 0) is 52.9 Å². The number of hydrogen-bond donors (Lipinski definition) is 0. The minimum Gasteiger partial charge on any atom is -0.492 e. The Balaban J connectivity index is 2.37. The highest BCUT2D eigenvalue weighted by atomic mass is 79.9. The van der Waals surface area contributed by atoms with E-state index in [1.807, 2.05) is 0 Å². The first kappa shape index (κ1) is 12.5. The maximum Gasteiger partial charge on any atom is 0.133 e. The van der Waals surface area contributed by atoms with Crippen LogP contribution in [0.4, 0.5) is 4.39 Å². The van der Waals surface area contributed by atoms with Crippen molar-refractivity contribution >= 4 is 15.9 Å². The molecule has 1 nitrogen and oxygen atoms in total. The summed E-state index contributed by atoms with van der Waals surface area (Å²) >= 11 is 3.26. The maximum atomic E-state index is 12.8. The minimum atomic E-state index is -0.253. The molecule has 0 bridgehead atoms. The molecule has 0 heterocycles. The molecule has 0 aliphatic carbocycles. The summed E-state index contributed by atoms with van der Waals surface area (Å²) in [6.07, 6.45) is 2.18. The molecule has 0 atom stereocenters. The van der Waals surface area contributed by atoms with Crippen LogP contribution in [-0.4, -0.2) is 6.61 Å². The van der Waals surface area contributed by atoms with Crippen LogP contribution in [0.3, 0.4) is 0 Å². The Morgan fingerprint density at radius 2 is 2.13 bits per heavy atom. The number of ether oxygens (including phenoxy) is 1. The molecule has 1 aromatic rings. The smallest absolute Gasteiger partial charge is 0.133 e. The molecule has 1 aromatic carbocycles. The minimum absolute atomic E-state index is 0.253. The zero-order valence-corrected chi connectivity index (χ0v) is 10.7. The summed E-state index contributed by atoms with van der Waals surface area (Å²) in [6.45, 7) is 5.06. The van der Waals surface area contributed by atoms with Gasteiger partial charge in [-0.2, -0.15) is 0 Å². The van der Waals surface area contributed by atoms with Crippen molar-refractivity contribution in [1.29, 1.82) is 0 Å². The standard InChI is InChI=1S/C12H16BrFO/c1-9(2)4-3-7-15-12-6-5-10(14)8-11(12)13/h5-6,8-9H,3-4,7H2,1-2H3. The molecule has 0 fully saturated rings. The lowest BCUT2D eigenvalue weighted by Gasteiger charge is -2.09. The zero-order chi connectivity index (χ0) is 11.3. The topological polar surface area (TPSA) is 9.23 Å². The van der Waals surface area contributed by atoms with Gasteiger partial charge in [0.25, 0.3) is 0 Å². The molecule has 0 saturated heterocycles. The van der Waals surface area contributed by atoms with Crippen molar-refractivity contribution in [3.8, 4) is 5.75 Å². The van der Waals surface area contributed by atoms with E-state index in [1.54, 1.807) is 6.07 Å². The third-order valence-electron chi connectivity index (χ3n) is 2.08. The van der Waals surface area contributed by atoms with Crippen molar-refractivity contribution in [2.75, 3.05) is 6.61 Å². The van der Waals surface area contributed by atoms with E-state index in [1.165, 1.54) is 12.1 Å². The van der Waals surface area contributed by atoms with E-state index in [9.17, 15) is 4.39 Å². The van der Waals surface area contributed by atoms with Crippen molar-refractivity contribution in [2.45, 2.75) is 26.7 Å². The SMILES string of the molecule is CC(C)CCCOc1ccc(F)cc1Br. The average molecular weight is 275 g/mol. The first-order chi connectivity index (χ1) is 7.09. The molecule has 3 heteroatoms. The van der Waals surface area contributed by atoms with E-state index < -0.39 is 0 Å². The zero-order valence-electron chi connectivity index (χ0n) is 9.09. The third-order valence-corrected chi connectivity index (χ3v) is 2.70. The summed E-state index contributed by atoms with van der Waals surface area (Å²) in [5.41, 5.74) is 0. The summed E-state index contributed by atoms with van der Waals surface area (Å²) in [5.74, 6) is 1.15. The fourth-order valence-corrected chi connectivity index (χ4v) is 1.73. The quantitative estimate of drug-likeness (QED) is 0.723. The number of hydrogen-bond acceptors (Lipinski definition) is 1. The second-order valence-electron chi connectivity index (χ2n) is 3.96. The highest BCUT2D eigenvalue weighted by Gasteiger charge is 2.02. The second-order valence-corrected chi connectivity index (χ2v) is 4.81. The monoisotopic (exact) mass is 274 g/mol. The van der Waals surface area contributed by atoms with Gasteiger partial charge in [0.15, 0.2) is 0 Å². The Labute approximate surface area is 98.8 Å². The Morgan fingerprint density at radius 3 is 2.73 bits per heavy atom. The van der Waals surface area contributed by atoms with Crippen LogP contribution in [0.15, 0.2) is 22.7 Å². The number of benzene rings is 1. The summed E-state index contributed by atoms with van der Waals surface area (Å²) in [5, 5.41) is 0. The molecule has 0 amide bonds. The Hall–Kier alpha value is -0.570. The lowest BCUT2D eigenvalue weighted by Crippen LogP contribution is -2.00. The van der Waals surface area contributed by atoms with Crippen LogP contribution >= 0.6 is 15.9 Å². The third kappa shape index (κ3) is 4.65. The molecule has 84 valence electrons. The largest absolute Gasteiger partial charge is 0.492 e. The van der Waals surface area contributed by atoms with Crippen molar-refractivity contribution in [1.82, 2.24) is 0 Å². The average Bonchev–Trinajstić information content (AvgIpc) is 2.14. The van der Waals surface area contributed by atoms with E-state index in [4.69, 9.17) is 4.74 Å². The molecule has 15 heavy (non-hydrogen) atoms. The summed E-state index contributed by atoms with van der Waals surface area (Å²) in [7, 11) is 0. The highest BCUT2D eigenvalue weighted by molar-refractivity contribution is 9.10. The number of halogens is 2. The molecule has 0 aliphatic heterocycles. The van der Waals surface area contributed by atoms with E-state index in [0.717, 1.165) is 12.8 Å². The van der Waals surface area contributed by atoms with Crippen LogP contribution in [0.2, 0.25) is 0 Å². The van der Waals surface area contributed by atoms with Crippen molar-refractivity contribution in [3.63, 3.8) is 0 Å². The van der Waals surface area contributed by atoms with Gasteiger partial charge >= 0.3 is 0 Å². The molecule has 0 radical (unpaired) electrons. The Morgan fingerprint density at radius 1 is 1.40 bits per heavy atom. The van der Waals surface area contributed by atoms with Crippen molar-refractivity contribution in [2.24, 2.45) is 5.92 Å². The lowest BCUT2D eigenvalue weighted by atomic mass is 10.1. The predicted octanol–water partition coefficient (Wildman–Crippen LogP) is 4.40. The highest BCUT2D eigenvalue weighted by Crippen LogP contribution is 2.25. The fourth-order valence-electron chi connectivity index (χ4n) is 1.27. The summed E-state index contributed by atoms with van der Waals surface area (Å²) < 4.78 is 19.0. The lowest BCUT2D eigenvalue weighted by molar-refractivity contribution is 0.295. The van der Waals surface area contributed by atoms with Gasteiger partial charge in [0.05, 0.1) is 11.1 Å². The van der Waals surface area contributed by atoms with E-state index >= 15 is 0 Å². The molecule has 0 spiro atoms. The van der Waals surface area contributed by atoms with Gasteiger partial charge in [0, 0.05) is 0 Å². The molecule has 0 aromatic heterocycles. The normalized spacial score (nSPS) is 10.7. The van der Waals surface area contributed by atoms with Crippen LogP contribution in [0.5, 0.6) is 5.75 Å². The molecule has 0 unspecified atom stereocenters. The van der Waals surface area contributed by atoms with Crippen LogP contribution in [0.25, 0.3) is 0 Å². The van der Waals surface area contributed by atoms with Crippen molar-refractivity contribution < 1.29 is 9.13 Å². The molecule has 0 N–H and O–H groups in total. The molecule has 0 saturated carbocycles. The Kier molecular flexibility index (Phi) is 5.09. The number of rotatable bonds is 5. The van der Waals surface area contributed by atoms with Gasteiger partial charge in [0.1, 0.15) is 11.6 Å². The van der Waals surface area contributed by atoms with Crippen LogP contribution in [0.1, 0.15) is 26.7 Å². The molecular weight excluding hydrogens is 259 g/mol. The van der Waals surface area contributed by atoms with Gasteiger partial charge in [-0.1, -0.05) is 13.8 Å². The molecular formula is C12H16BrFO. The summed E-state index contributed by atoms with van der Waals surface area (Å²) in [6, 6.07) is 4.47. The first-order valence-electron chi connectivity index (χ1n) is 5.17. The first-order valence-corrected chi connectivity index (χ1v) is 5.96. The van der Waals surface area contributed by atoms with Gasteiger partial charge in [-0.15, -0.1) is 0 Å². The Bertz CT molecular complexity index is 312. The predicted molar refractivity (Wildman–Crippen MR) is 63.7 cm³/mol. The van der Waals surface area contributed by atoms with Gasteiger partial charge in [0.2, 0.25) is 0 Å².